The summed E-state index contributed by atoms with van der Waals surface area (Å²) >= 11 is 3.18. The van der Waals surface area contributed by atoms with Gasteiger partial charge in [0.1, 0.15) is 10.0 Å². The van der Waals surface area contributed by atoms with Crippen LogP contribution in [0.4, 0.5) is 5.00 Å². The topological polar surface area (TPSA) is 60.5 Å². The van der Waals surface area contributed by atoms with Crippen LogP contribution in [0.2, 0.25) is 0 Å². The highest BCUT2D eigenvalue weighted by Crippen LogP contribution is 2.43. The number of thiazole rings is 1. The molecule has 0 fully saturated rings. The van der Waals surface area contributed by atoms with Gasteiger partial charge >= 0.3 is 0 Å². The first-order valence-electron chi connectivity index (χ1n) is 9.01. The van der Waals surface area contributed by atoms with Crippen LogP contribution in [0.15, 0.2) is 42.5 Å². The maximum atomic E-state index is 13.1. The minimum absolute atomic E-state index is 0.246. The summed E-state index contributed by atoms with van der Waals surface area (Å²) in [7, 11) is 3.08. The van der Waals surface area contributed by atoms with E-state index < -0.39 is 0 Å². The summed E-state index contributed by atoms with van der Waals surface area (Å²) in [6.45, 7) is 4.12. The minimum Gasteiger partial charge on any atom is -0.493 e. The van der Waals surface area contributed by atoms with E-state index in [0.29, 0.717) is 17.1 Å². The number of aromatic nitrogens is 1. The van der Waals surface area contributed by atoms with Crippen LogP contribution in [0.1, 0.15) is 20.8 Å². The number of thiophene rings is 1. The Kier molecular flexibility index (Phi) is 5.25. The summed E-state index contributed by atoms with van der Waals surface area (Å²) in [6, 6.07) is 13.3. The molecule has 0 saturated carbocycles. The van der Waals surface area contributed by atoms with Crippen molar-refractivity contribution in [1.82, 2.24) is 4.98 Å². The van der Waals surface area contributed by atoms with Gasteiger partial charge in [-0.3, -0.25) is 4.79 Å². The van der Waals surface area contributed by atoms with Crippen LogP contribution >= 0.6 is 22.7 Å². The average molecular weight is 425 g/mol. The van der Waals surface area contributed by atoms with Gasteiger partial charge in [0.05, 0.1) is 30.0 Å². The number of para-hydroxylation sites is 2. The van der Waals surface area contributed by atoms with E-state index in [1.54, 1.807) is 48.0 Å². The number of methoxy groups -OCH3 is 2. The molecule has 4 aromatic rings. The summed E-state index contributed by atoms with van der Waals surface area (Å²) < 4.78 is 11.9. The summed E-state index contributed by atoms with van der Waals surface area (Å²) in [5, 5.41) is 4.76. The van der Waals surface area contributed by atoms with Gasteiger partial charge in [0.2, 0.25) is 0 Å². The lowest BCUT2D eigenvalue weighted by molar-refractivity contribution is 0.102. The highest BCUT2D eigenvalue weighted by Gasteiger charge is 2.22. The van der Waals surface area contributed by atoms with Crippen molar-refractivity contribution in [3.8, 4) is 22.1 Å². The quantitative estimate of drug-likeness (QED) is 0.433. The fourth-order valence-corrected chi connectivity index (χ4v) is 5.38. The smallest absolute Gasteiger partial charge is 0.260 e. The molecule has 0 aliphatic heterocycles. The van der Waals surface area contributed by atoms with Crippen LogP contribution < -0.4 is 14.8 Å². The normalized spacial score (nSPS) is 10.9. The second-order valence-electron chi connectivity index (χ2n) is 6.47. The van der Waals surface area contributed by atoms with Gasteiger partial charge in [-0.15, -0.1) is 22.7 Å². The zero-order chi connectivity index (χ0) is 20.5. The molecule has 1 N–H and O–H groups in total. The molecule has 148 valence electrons. The number of benzene rings is 2. The Morgan fingerprint density at radius 3 is 2.52 bits per heavy atom. The van der Waals surface area contributed by atoms with Crippen molar-refractivity contribution in [2.45, 2.75) is 13.8 Å². The number of aryl methyl sites for hydroxylation is 1. The van der Waals surface area contributed by atoms with Crippen LogP contribution in [0.25, 0.3) is 20.8 Å². The predicted molar refractivity (Wildman–Crippen MR) is 120 cm³/mol. The van der Waals surface area contributed by atoms with Crippen molar-refractivity contribution in [1.29, 1.82) is 0 Å². The van der Waals surface area contributed by atoms with Crippen molar-refractivity contribution in [2.24, 2.45) is 0 Å². The largest absolute Gasteiger partial charge is 0.493 e. The van der Waals surface area contributed by atoms with E-state index >= 15 is 0 Å². The fourth-order valence-electron chi connectivity index (χ4n) is 3.19. The Labute approximate surface area is 176 Å². The second-order valence-corrected chi connectivity index (χ2v) is 8.72. The van der Waals surface area contributed by atoms with Gasteiger partial charge in [-0.1, -0.05) is 18.2 Å². The van der Waals surface area contributed by atoms with E-state index in [-0.39, 0.29) is 5.91 Å². The molecular formula is C22H20N2O3S2. The lowest BCUT2D eigenvalue weighted by atomic mass is 10.1. The molecule has 0 saturated heterocycles. The predicted octanol–water partition coefficient (Wildman–Crippen LogP) is 5.91. The summed E-state index contributed by atoms with van der Waals surface area (Å²) in [5.74, 6) is 0.688. The van der Waals surface area contributed by atoms with Crippen LogP contribution in [-0.4, -0.2) is 25.1 Å². The van der Waals surface area contributed by atoms with Crippen LogP contribution in [0.5, 0.6) is 11.5 Å². The summed E-state index contributed by atoms with van der Waals surface area (Å²) in [5.41, 5.74) is 3.49. The van der Waals surface area contributed by atoms with E-state index in [0.717, 1.165) is 36.2 Å². The van der Waals surface area contributed by atoms with E-state index in [1.807, 2.05) is 18.2 Å². The third kappa shape index (κ3) is 3.47. The molecule has 2 aromatic carbocycles. The first kappa shape index (κ1) is 19.4. The molecule has 4 rings (SSSR count). The van der Waals surface area contributed by atoms with Crippen molar-refractivity contribution in [3.63, 3.8) is 0 Å². The Hall–Kier alpha value is -2.90. The van der Waals surface area contributed by atoms with Crippen molar-refractivity contribution >= 4 is 43.8 Å². The summed E-state index contributed by atoms with van der Waals surface area (Å²) in [6.07, 6.45) is 0. The molecule has 0 atom stereocenters. The molecular weight excluding hydrogens is 404 g/mol. The highest BCUT2D eigenvalue weighted by atomic mass is 32.1. The van der Waals surface area contributed by atoms with E-state index in [9.17, 15) is 4.79 Å². The molecule has 2 heterocycles. The first-order chi connectivity index (χ1) is 14.0. The average Bonchev–Trinajstić information content (AvgIpc) is 3.27. The van der Waals surface area contributed by atoms with E-state index in [2.05, 4.69) is 25.2 Å². The Morgan fingerprint density at radius 1 is 1.00 bits per heavy atom. The SMILES string of the molecule is COc1cccc(C(=O)Nc2sc(C)c(C)c2-c2nc3ccccc3s2)c1OC. The van der Waals surface area contributed by atoms with Crippen molar-refractivity contribution in [3.05, 3.63) is 58.5 Å². The van der Waals surface area contributed by atoms with Gasteiger partial charge in [0, 0.05) is 10.4 Å². The second kappa shape index (κ2) is 7.85. The molecule has 0 aliphatic rings. The number of amides is 1. The van der Waals surface area contributed by atoms with Gasteiger partial charge in [0.25, 0.3) is 5.91 Å². The molecule has 1 amide bonds. The zero-order valence-corrected chi connectivity index (χ0v) is 18.2. The number of nitrogens with one attached hydrogen (secondary N) is 1. The number of anilines is 1. The Bertz CT molecular complexity index is 1180. The lowest BCUT2D eigenvalue weighted by Crippen LogP contribution is -2.13. The summed E-state index contributed by atoms with van der Waals surface area (Å²) in [4.78, 5) is 19.0. The Morgan fingerprint density at radius 2 is 1.79 bits per heavy atom. The third-order valence-corrected chi connectivity index (χ3v) is 6.94. The van der Waals surface area contributed by atoms with Crippen LogP contribution in [-0.2, 0) is 0 Å². The standard InChI is InChI=1S/C22H20N2O3S2/c1-12-13(2)28-22(18(12)21-23-15-9-5-6-11-17(15)29-21)24-20(25)14-8-7-10-16(26-3)19(14)27-4/h5-11H,1-4H3,(H,24,25). The number of nitrogens with zero attached hydrogens (tertiary/aromatic N) is 1. The molecule has 2 aromatic heterocycles. The number of ether oxygens (including phenoxy) is 2. The molecule has 0 radical (unpaired) electrons. The van der Waals surface area contributed by atoms with Gasteiger partial charge in [-0.05, 0) is 43.7 Å². The van der Waals surface area contributed by atoms with E-state index in [4.69, 9.17) is 14.5 Å². The third-order valence-electron chi connectivity index (χ3n) is 4.77. The first-order valence-corrected chi connectivity index (χ1v) is 10.6. The van der Waals surface area contributed by atoms with Gasteiger partial charge in [-0.2, -0.15) is 0 Å². The van der Waals surface area contributed by atoms with Gasteiger partial charge in [-0.25, -0.2) is 4.98 Å². The molecule has 5 nitrogen and oxygen atoms in total. The number of carbonyl (C=O) groups excluding carboxylic acids is 1. The van der Waals surface area contributed by atoms with E-state index in [1.165, 1.54) is 7.11 Å². The molecule has 0 spiro atoms. The maximum absolute atomic E-state index is 13.1. The van der Waals surface area contributed by atoms with Gasteiger partial charge < -0.3 is 14.8 Å². The van der Waals surface area contributed by atoms with Gasteiger partial charge in [0.15, 0.2) is 11.5 Å². The minimum atomic E-state index is -0.246. The van der Waals surface area contributed by atoms with Crippen molar-refractivity contribution < 1.29 is 14.3 Å². The molecule has 29 heavy (non-hydrogen) atoms. The molecule has 0 aliphatic carbocycles. The lowest BCUT2D eigenvalue weighted by Gasteiger charge is -2.12. The molecule has 7 heteroatoms. The van der Waals surface area contributed by atoms with Crippen molar-refractivity contribution in [2.75, 3.05) is 19.5 Å². The van der Waals surface area contributed by atoms with Crippen LogP contribution in [0, 0.1) is 13.8 Å². The number of carbonyl (C=O) groups is 1. The fraction of sp³-hybridized carbons (Fsp3) is 0.182. The maximum Gasteiger partial charge on any atom is 0.260 e. The molecule has 0 unspecified atom stereocenters. The monoisotopic (exact) mass is 424 g/mol. The number of hydrogen-bond donors (Lipinski definition) is 1. The Balaban J connectivity index is 1.76. The zero-order valence-electron chi connectivity index (χ0n) is 16.5. The number of hydrogen-bond acceptors (Lipinski definition) is 6. The highest BCUT2D eigenvalue weighted by molar-refractivity contribution is 7.22. The van der Waals surface area contributed by atoms with Crippen LogP contribution in [0.3, 0.4) is 0 Å². The number of rotatable bonds is 5. The molecule has 0 bridgehead atoms. The number of fused-ring (bicyclic) bond motifs is 1.